The van der Waals surface area contributed by atoms with Crippen LogP contribution in [0.3, 0.4) is 0 Å². The number of aryl methyl sites for hydroxylation is 1. The summed E-state index contributed by atoms with van der Waals surface area (Å²) in [5.41, 5.74) is 2.43. The maximum Gasteiger partial charge on any atom is 0.226 e. The van der Waals surface area contributed by atoms with Crippen molar-refractivity contribution in [3.8, 4) is 0 Å². The van der Waals surface area contributed by atoms with Gasteiger partial charge in [0, 0.05) is 55.2 Å². The van der Waals surface area contributed by atoms with Gasteiger partial charge < -0.3 is 9.64 Å². The third kappa shape index (κ3) is 2.54. The molecule has 1 fully saturated rings. The smallest absolute Gasteiger partial charge is 0.226 e. The first-order chi connectivity index (χ1) is 12.3. The maximum absolute atomic E-state index is 13.0. The van der Waals surface area contributed by atoms with Crippen molar-refractivity contribution in [1.82, 2.24) is 14.7 Å². The van der Waals surface area contributed by atoms with Crippen LogP contribution < -0.4 is 0 Å². The first-order valence-electron chi connectivity index (χ1n) is 9.25. The van der Waals surface area contributed by atoms with Gasteiger partial charge in [0.2, 0.25) is 5.91 Å². The Morgan fingerprint density at radius 3 is 3.04 bits per heavy atom. The number of aromatic nitrogens is 2. The number of hydrogen-bond acceptors (Lipinski definition) is 4. The average Bonchev–Trinajstić information content (AvgIpc) is 3.31. The molecule has 3 aliphatic heterocycles. The highest BCUT2D eigenvalue weighted by Gasteiger charge is 2.43. The van der Waals surface area contributed by atoms with Crippen LogP contribution in [0.2, 0.25) is 0 Å². The predicted octanol–water partition coefficient (Wildman–Crippen LogP) is 2.60. The van der Waals surface area contributed by atoms with E-state index < -0.39 is 0 Å². The molecule has 5 heterocycles. The highest BCUT2D eigenvalue weighted by molar-refractivity contribution is 7.10. The molecule has 2 aromatic rings. The van der Waals surface area contributed by atoms with Gasteiger partial charge in [-0.25, -0.2) is 0 Å². The molecule has 1 spiro atoms. The Kier molecular flexibility index (Phi) is 3.71. The van der Waals surface area contributed by atoms with Crippen LogP contribution >= 0.6 is 11.3 Å². The van der Waals surface area contributed by atoms with Gasteiger partial charge in [-0.15, -0.1) is 11.3 Å². The maximum atomic E-state index is 13.0. The van der Waals surface area contributed by atoms with E-state index in [1.165, 1.54) is 16.1 Å². The summed E-state index contributed by atoms with van der Waals surface area (Å²) in [6.45, 7) is 3.29. The van der Waals surface area contributed by atoms with Crippen molar-refractivity contribution in [1.29, 1.82) is 0 Å². The zero-order valence-electron chi connectivity index (χ0n) is 14.3. The first kappa shape index (κ1) is 15.6. The number of nitrogens with zero attached hydrogens (tertiary/aromatic N) is 3. The lowest BCUT2D eigenvalue weighted by atomic mass is 9.82. The van der Waals surface area contributed by atoms with Crippen LogP contribution in [0.15, 0.2) is 23.7 Å². The molecule has 1 atom stereocenters. The molecule has 3 aliphatic rings. The summed E-state index contributed by atoms with van der Waals surface area (Å²) in [4.78, 5) is 16.6. The molecule has 1 amide bonds. The molecule has 0 aromatic carbocycles. The Hall–Kier alpha value is -1.66. The molecule has 5 nitrogen and oxygen atoms in total. The molecular formula is C19H23N3O2S. The Balaban J connectivity index is 1.28. The predicted molar refractivity (Wildman–Crippen MR) is 95.5 cm³/mol. The number of rotatable bonds is 1. The lowest BCUT2D eigenvalue weighted by Gasteiger charge is -2.44. The molecule has 0 aliphatic carbocycles. The molecule has 0 bridgehead atoms. The highest BCUT2D eigenvalue weighted by Crippen LogP contribution is 2.43. The van der Waals surface area contributed by atoms with Crippen molar-refractivity contribution in [3.63, 3.8) is 0 Å². The van der Waals surface area contributed by atoms with Crippen LogP contribution in [0.4, 0.5) is 0 Å². The Bertz CT molecular complexity index is 788. The van der Waals surface area contributed by atoms with E-state index in [0.29, 0.717) is 5.91 Å². The molecule has 1 saturated heterocycles. The summed E-state index contributed by atoms with van der Waals surface area (Å²) in [5, 5.41) is 6.50. The van der Waals surface area contributed by atoms with Crippen LogP contribution in [0.25, 0.3) is 0 Å². The summed E-state index contributed by atoms with van der Waals surface area (Å²) in [7, 11) is 0. The number of thiophene rings is 1. The van der Waals surface area contributed by atoms with Gasteiger partial charge in [0.25, 0.3) is 0 Å². The fourth-order valence-corrected chi connectivity index (χ4v) is 5.65. The van der Waals surface area contributed by atoms with Crippen LogP contribution in [0.1, 0.15) is 35.4 Å². The molecular weight excluding hydrogens is 334 g/mol. The van der Waals surface area contributed by atoms with Crippen LogP contribution in [0, 0.1) is 5.92 Å². The molecule has 132 valence electrons. The lowest BCUT2D eigenvalue weighted by Crippen LogP contribution is -2.50. The minimum Gasteiger partial charge on any atom is -0.370 e. The fourth-order valence-electron chi connectivity index (χ4n) is 4.70. The van der Waals surface area contributed by atoms with E-state index in [4.69, 9.17) is 4.74 Å². The normalized spacial score (nSPS) is 24.8. The second kappa shape index (κ2) is 5.95. The largest absolute Gasteiger partial charge is 0.370 e. The zero-order chi connectivity index (χ0) is 16.9. The zero-order valence-corrected chi connectivity index (χ0v) is 15.1. The van der Waals surface area contributed by atoms with Crippen molar-refractivity contribution in [2.75, 3.05) is 19.7 Å². The molecule has 2 aromatic heterocycles. The average molecular weight is 357 g/mol. The van der Waals surface area contributed by atoms with E-state index in [2.05, 4.69) is 21.4 Å². The van der Waals surface area contributed by atoms with Gasteiger partial charge >= 0.3 is 0 Å². The molecule has 25 heavy (non-hydrogen) atoms. The van der Waals surface area contributed by atoms with E-state index in [0.717, 1.165) is 58.3 Å². The summed E-state index contributed by atoms with van der Waals surface area (Å²) in [6, 6.07) is 4.28. The number of likely N-dealkylation sites (tertiary alicyclic amines) is 1. The molecule has 0 radical (unpaired) electrons. The van der Waals surface area contributed by atoms with Gasteiger partial charge in [-0.05, 0) is 42.3 Å². The molecule has 5 rings (SSSR count). The Morgan fingerprint density at radius 2 is 2.16 bits per heavy atom. The summed E-state index contributed by atoms with van der Waals surface area (Å²) in [6.07, 6.45) is 6.45. The number of ether oxygens (including phenoxy) is 1. The summed E-state index contributed by atoms with van der Waals surface area (Å²) in [5.74, 6) is 0.436. The van der Waals surface area contributed by atoms with E-state index >= 15 is 0 Å². The van der Waals surface area contributed by atoms with Crippen molar-refractivity contribution in [3.05, 3.63) is 39.8 Å². The molecule has 6 heteroatoms. The third-order valence-corrected chi connectivity index (χ3v) is 7.11. The number of amides is 1. The lowest BCUT2D eigenvalue weighted by molar-refractivity contribution is -0.145. The van der Waals surface area contributed by atoms with E-state index in [1.807, 2.05) is 28.3 Å². The summed E-state index contributed by atoms with van der Waals surface area (Å²) >= 11 is 1.85. The van der Waals surface area contributed by atoms with E-state index in [1.54, 1.807) is 0 Å². The first-order valence-corrected chi connectivity index (χ1v) is 10.1. The van der Waals surface area contributed by atoms with Crippen molar-refractivity contribution in [2.24, 2.45) is 5.92 Å². The summed E-state index contributed by atoms with van der Waals surface area (Å²) < 4.78 is 8.29. The number of carbonyl (C=O) groups is 1. The van der Waals surface area contributed by atoms with Crippen LogP contribution in [0.5, 0.6) is 0 Å². The monoisotopic (exact) mass is 357 g/mol. The highest BCUT2D eigenvalue weighted by atomic mass is 32.1. The molecule has 1 unspecified atom stereocenters. The minimum absolute atomic E-state index is 0.113. The third-order valence-electron chi connectivity index (χ3n) is 6.13. The van der Waals surface area contributed by atoms with Gasteiger partial charge in [-0.3, -0.25) is 9.48 Å². The van der Waals surface area contributed by atoms with Gasteiger partial charge in [0.05, 0.1) is 12.2 Å². The van der Waals surface area contributed by atoms with Gasteiger partial charge in [0.1, 0.15) is 0 Å². The minimum atomic E-state index is -0.143. The topological polar surface area (TPSA) is 47.4 Å². The number of hydrogen-bond donors (Lipinski definition) is 0. The van der Waals surface area contributed by atoms with Crippen LogP contribution in [-0.4, -0.2) is 40.3 Å². The van der Waals surface area contributed by atoms with Crippen molar-refractivity contribution < 1.29 is 9.53 Å². The van der Waals surface area contributed by atoms with Gasteiger partial charge in [-0.1, -0.05) is 0 Å². The number of fused-ring (bicyclic) bond motifs is 3. The Labute approximate surface area is 151 Å². The SMILES string of the molecule is O=C(C1CCn2nccc2C1)N1CCC2(CC1)OCCc1sccc12. The fraction of sp³-hybridized carbons (Fsp3) is 0.579. The van der Waals surface area contributed by atoms with E-state index in [-0.39, 0.29) is 11.5 Å². The quantitative estimate of drug-likeness (QED) is 0.788. The second-order valence-corrected chi connectivity index (χ2v) is 8.41. The van der Waals surface area contributed by atoms with E-state index in [9.17, 15) is 4.79 Å². The van der Waals surface area contributed by atoms with Crippen LogP contribution in [-0.2, 0) is 34.5 Å². The molecule has 0 saturated carbocycles. The van der Waals surface area contributed by atoms with Crippen molar-refractivity contribution >= 4 is 17.2 Å². The number of piperidine rings is 1. The Morgan fingerprint density at radius 1 is 1.28 bits per heavy atom. The molecule has 0 N–H and O–H groups in total. The van der Waals surface area contributed by atoms with Crippen molar-refractivity contribution in [2.45, 2.75) is 44.2 Å². The van der Waals surface area contributed by atoms with Gasteiger partial charge in [-0.2, -0.15) is 5.10 Å². The standard InChI is InChI=1S/C19H23N3O2S/c23-18(14-2-8-22-15(13-14)1-7-20-22)21-9-5-19(6-10-21)16-4-12-25-17(16)3-11-24-19/h1,4,7,12,14H,2-3,5-6,8-11,13H2. The van der Waals surface area contributed by atoms with Gasteiger partial charge in [0.15, 0.2) is 0 Å². The second-order valence-electron chi connectivity index (χ2n) is 7.41. The number of carbonyl (C=O) groups excluding carboxylic acids is 1.